The van der Waals surface area contributed by atoms with Gasteiger partial charge in [-0.3, -0.25) is 9.74 Å². The van der Waals surface area contributed by atoms with E-state index >= 15 is 0 Å². The minimum absolute atomic E-state index is 0.0653. The smallest absolute Gasteiger partial charge is 0.330 e. The van der Waals surface area contributed by atoms with Gasteiger partial charge in [0.05, 0.1) is 31.6 Å². The Hall–Kier alpha value is -4.58. The van der Waals surface area contributed by atoms with Gasteiger partial charge >= 0.3 is 6.03 Å². The molecular weight excluding hydrogens is 544 g/mol. The lowest BCUT2D eigenvalue weighted by molar-refractivity contribution is 0.124. The second-order valence-electron chi connectivity index (χ2n) is 9.63. The predicted molar refractivity (Wildman–Crippen MR) is 155 cm³/mol. The number of benzene rings is 3. The number of urea groups is 1. The molecule has 4 aromatic rings. The molecule has 42 heavy (non-hydrogen) atoms. The first-order chi connectivity index (χ1) is 20.4. The van der Waals surface area contributed by atoms with Gasteiger partial charge in [-0.1, -0.05) is 24.3 Å². The minimum atomic E-state index is -0.371. The molecule has 2 heterocycles. The van der Waals surface area contributed by atoms with Crippen LogP contribution >= 0.6 is 0 Å². The van der Waals surface area contributed by atoms with E-state index in [1.807, 2.05) is 0 Å². The summed E-state index contributed by atoms with van der Waals surface area (Å²) in [5.74, 6) is 0.0349. The number of methoxy groups -OCH3 is 1. The summed E-state index contributed by atoms with van der Waals surface area (Å²) in [5, 5.41) is 12.8. The van der Waals surface area contributed by atoms with Gasteiger partial charge in [0.25, 0.3) is 0 Å². The Labute approximate surface area is 242 Å². The number of halogens is 2. The largest absolute Gasteiger partial charge is 0.733 e. The van der Waals surface area contributed by atoms with Crippen LogP contribution in [0.25, 0.3) is 0 Å². The van der Waals surface area contributed by atoms with Gasteiger partial charge in [0.2, 0.25) is 0 Å². The van der Waals surface area contributed by atoms with Crippen LogP contribution in [0, 0.1) is 16.8 Å². The molecule has 1 aromatic heterocycles. The maximum absolute atomic E-state index is 14.1. The van der Waals surface area contributed by atoms with Gasteiger partial charge in [-0.15, -0.1) is 0 Å². The number of rotatable bonds is 8. The predicted octanol–water partition coefficient (Wildman–Crippen LogP) is 5.90. The van der Waals surface area contributed by atoms with Gasteiger partial charge in [-0.2, -0.15) is 0 Å². The van der Waals surface area contributed by atoms with Crippen LogP contribution in [0.2, 0.25) is 0 Å². The number of carbonyl (C=O) groups excluding carboxylic acids is 1. The number of anilines is 3. The Bertz CT molecular complexity index is 1440. The third-order valence-corrected chi connectivity index (χ3v) is 7.18. The molecule has 0 atom stereocenters. The van der Waals surface area contributed by atoms with Crippen molar-refractivity contribution in [2.75, 3.05) is 50.5 Å². The molecule has 0 aliphatic carbocycles. The maximum atomic E-state index is 14.1. The van der Waals surface area contributed by atoms with E-state index in [0.717, 1.165) is 11.1 Å². The van der Waals surface area contributed by atoms with Crippen LogP contribution in [-0.2, 0) is 4.84 Å². The molecule has 5 rings (SSSR count). The molecule has 0 spiro atoms. The fourth-order valence-electron chi connectivity index (χ4n) is 5.07. The van der Waals surface area contributed by atoms with Crippen molar-refractivity contribution < 1.29 is 23.1 Å². The van der Waals surface area contributed by atoms with Crippen LogP contribution < -0.4 is 14.9 Å². The quantitative estimate of drug-likeness (QED) is 0.242. The van der Waals surface area contributed by atoms with Crippen molar-refractivity contribution >= 4 is 23.2 Å². The Kier molecular flexibility index (Phi) is 8.91. The van der Waals surface area contributed by atoms with E-state index in [-0.39, 0.29) is 35.2 Å². The summed E-state index contributed by atoms with van der Waals surface area (Å²) in [6, 6.07) is 21.9. The number of aromatic nitrogens is 1. The van der Waals surface area contributed by atoms with E-state index in [1.165, 1.54) is 48.5 Å². The van der Waals surface area contributed by atoms with E-state index in [9.17, 15) is 18.8 Å². The molecule has 0 unspecified atom stereocenters. The number of hydrogen-bond acceptors (Lipinski definition) is 7. The van der Waals surface area contributed by atoms with Crippen LogP contribution in [0.3, 0.4) is 0 Å². The van der Waals surface area contributed by atoms with Crippen LogP contribution in [-0.4, -0.2) is 61.2 Å². The zero-order valence-corrected chi connectivity index (χ0v) is 23.2. The lowest BCUT2D eigenvalue weighted by Crippen LogP contribution is -2.53. The lowest BCUT2D eigenvalue weighted by Gasteiger charge is -2.41. The summed E-state index contributed by atoms with van der Waals surface area (Å²) in [5.41, 5.74) is 2.27. The van der Waals surface area contributed by atoms with E-state index in [2.05, 4.69) is 9.88 Å². The summed E-state index contributed by atoms with van der Waals surface area (Å²) in [4.78, 5) is 28.6. The highest BCUT2D eigenvalue weighted by atomic mass is 19.1. The molecule has 1 fully saturated rings. The Balaban J connectivity index is 1.43. The molecule has 0 bridgehead atoms. The third-order valence-electron chi connectivity index (χ3n) is 7.18. The average molecular weight is 575 g/mol. The maximum Gasteiger partial charge on any atom is 0.330 e. The van der Waals surface area contributed by atoms with Gasteiger partial charge in [0.15, 0.2) is 5.82 Å². The molecule has 1 aliphatic heterocycles. The van der Waals surface area contributed by atoms with E-state index in [4.69, 9.17) is 9.57 Å². The fraction of sp³-hybridized carbons (Fsp3) is 0.226. The highest BCUT2D eigenvalue weighted by Gasteiger charge is 2.32. The number of amides is 2. The number of hydrogen-bond donors (Lipinski definition) is 0. The SMILES string of the molecule is COc1ccc(N(C(=O)N2CCN(C(c3ccc(F)cc3)c3ccc(F)cc3)CC2)c2ncccc2N([O-])OC)cc1. The van der Waals surface area contributed by atoms with Crippen molar-refractivity contribution in [3.05, 3.63) is 119 Å². The normalized spacial score (nSPS) is 13.7. The molecule has 3 aromatic carbocycles. The van der Waals surface area contributed by atoms with Gasteiger partial charge in [0.1, 0.15) is 17.4 Å². The summed E-state index contributed by atoms with van der Waals surface area (Å²) in [6.45, 7) is 1.70. The summed E-state index contributed by atoms with van der Waals surface area (Å²) in [7, 11) is 2.79. The van der Waals surface area contributed by atoms with E-state index in [0.29, 0.717) is 42.8 Å². The molecule has 218 valence electrons. The lowest BCUT2D eigenvalue weighted by atomic mass is 9.96. The molecule has 9 nitrogen and oxygen atoms in total. The first-order valence-corrected chi connectivity index (χ1v) is 13.3. The Morgan fingerprint density at radius 1 is 0.857 bits per heavy atom. The van der Waals surface area contributed by atoms with Crippen molar-refractivity contribution in [2.45, 2.75) is 6.04 Å². The van der Waals surface area contributed by atoms with Gasteiger partial charge in [-0.05, 0) is 71.8 Å². The first-order valence-electron chi connectivity index (χ1n) is 13.3. The number of nitrogens with zero attached hydrogens (tertiary/aromatic N) is 5. The standard InChI is InChI=1S/C31H30F2N5O4/c1-41-27-15-13-26(14-16-27)37(30-28(38(40)42-2)4-3-17-34-30)31(39)36-20-18-35(19-21-36)29(22-5-9-24(32)10-6-22)23-7-11-25(33)12-8-23/h3-17,29H,18-21H2,1-2H3/q-1. The topological polar surface area (TPSA) is 84.4 Å². The van der Waals surface area contributed by atoms with Crippen LogP contribution in [0.1, 0.15) is 17.2 Å². The second kappa shape index (κ2) is 12.9. The molecule has 0 saturated carbocycles. The monoisotopic (exact) mass is 574 g/mol. The average Bonchev–Trinajstić information content (AvgIpc) is 3.03. The number of pyridine rings is 1. The van der Waals surface area contributed by atoms with Crippen LogP contribution in [0.5, 0.6) is 5.75 Å². The fourth-order valence-corrected chi connectivity index (χ4v) is 5.07. The third kappa shape index (κ3) is 6.18. The van der Waals surface area contributed by atoms with Gasteiger partial charge in [-0.25, -0.2) is 23.5 Å². The van der Waals surface area contributed by atoms with Crippen molar-refractivity contribution in [2.24, 2.45) is 0 Å². The molecule has 1 aliphatic rings. The zero-order valence-electron chi connectivity index (χ0n) is 23.2. The molecular formula is C31H30F2N5O4-. The Morgan fingerprint density at radius 2 is 1.43 bits per heavy atom. The van der Waals surface area contributed by atoms with Crippen LogP contribution in [0.4, 0.5) is 30.8 Å². The minimum Gasteiger partial charge on any atom is -0.733 e. The second-order valence-corrected chi connectivity index (χ2v) is 9.63. The van der Waals surface area contributed by atoms with Crippen molar-refractivity contribution in [3.63, 3.8) is 0 Å². The summed E-state index contributed by atoms with van der Waals surface area (Å²) < 4.78 is 32.7. The number of carbonyl (C=O) groups is 1. The van der Waals surface area contributed by atoms with E-state index < -0.39 is 0 Å². The number of piperazine rings is 1. The zero-order chi connectivity index (χ0) is 29.6. The van der Waals surface area contributed by atoms with Crippen molar-refractivity contribution in [3.8, 4) is 5.75 Å². The molecule has 0 radical (unpaired) electrons. The van der Waals surface area contributed by atoms with Gasteiger partial charge in [0, 0.05) is 32.4 Å². The molecule has 11 heteroatoms. The number of ether oxygens (including phenoxy) is 1. The summed E-state index contributed by atoms with van der Waals surface area (Å²) in [6.07, 6.45) is 1.50. The molecule has 2 amide bonds. The first kappa shape index (κ1) is 28.9. The Morgan fingerprint density at radius 3 is 1.95 bits per heavy atom. The summed E-state index contributed by atoms with van der Waals surface area (Å²) >= 11 is 0. The van der Waals surface area contributed by atoms with Crippen molar-refractivity contribution in [1.29, 1.82) is 0 Å². The highest BCUT2D eigenvalue weighted by molar-refractivity contribution is 6.01. The van der Waals surface area contributed by atoms with Crippen molar-refractivity contribution in [1.82, 2.24) is 14.8 Å². The van der Waals surface area contributed by atoms with Gasteiger partial charge < -0.3 is 20.1 Å². The molecule has 1 saturated heterocycles. The molecule has 0 N–H and O–H groups in total. The van der Waals surface area contributed by atoms with E-state index in [1.54, 1.807) is 66.6 Å². The highest BCUT2D eigenvalue weighted by Crippen LogP contribution is 2.35. The van der Waals surface area contributed by atoms with Crippen LogP contribution in [0.15, 0.2) is 91.1 Å².